The van der Waals surface area contributed by atoms with Gasteiger partial charge in [0.25, 0.3) is 5.91 Å². The van der Waals surface area contributed by atoms with Gasteiger partial charge in [-0.2, -0.15) is 0 Å². The van der Waals surface area contributed by atoms with Crippen molar-refractivity contribution in [3.8, 4) is 5.75 Å². The first-order valence-electron chi connectivity index (χ1n) is 8.04. The third-order valence-corrected chi connectivity index (χ3v) is 6.10. The molecular formula is C17H25NO4S. The molecule has 1 aromatic carbocycles. The maximum absolute atomic E-state index is 12.9. The van der Waals surface area contributed by atoms with Gasteiger partial charge in [0.05, 0.1) is 17.4 Å². The minimum absolute atomic E-state index is 0.186. The summed E-state index contributed by atoms with van der Waals surface area (Å²) in [7, 11) is -1.49. The second kappa shape index (κ2) is 7.34. The summed E-state index contributed by atoms with van der Waals surface area (Å²) in [4.78, 5) is 14.4. The van der Waals surface area contributed by atoms with Crippen molar-refractivity contribution >= 4 is 15.7 Å². The molecule has 2 atom stereocenters. The Labute approximate surface area is 138 Å². The van der Waals surface area contributed by atoms with Crippen molar-refractivity contribution < 1.29 is 17.9 Å². The standard InChI is InChI=1S/C17H25NO4S/c1-4-22-15-11-7-5-9-13(15)17(19)18(2)14-10-6-8-12-16(14)23(3,20)21/h5,7,9,11,14,16H,4,6,8,10,12H2,1-3H3. The Morgan fingerprint density at radius 1 is 1.26 bits per heavy atom. The second-order valence-corrected chi connectivity index (χ2v) is 8.33. The van der Waals surface area contributed by atoms with Crippen molar-refractivity contribution in [2.45, 2.75) is 43.9 Å². The van der Waals surface area contributed by atoms with E-state index in [1.807, 2.05) is 13.0 Å². The third-order valence-electron chi connectivity index (χ3n) is 4.45. The molecule has 0 aromatic heterocycles. The number of benzene rings is 1. The molecule has 23 heavy (non-hydrogen) atoms. The Kier molecular flexibility index (Phi) is 5.68. The van der Waals surface area contributed by atoms with Crippen LogP contribution in [0.15, 0.2) is 24.3 Å². The van der Waals surface area contributed by atoms with Crippen LogP contribution in [0.2, 0.25) is 0 Å². The SMILES string of the molecule is CCOc1ccccc1C(=O)N(C)C1CCCCC1S(C)(=O)=O. The molecule has 1 amide bonds. The molecule has 5 nitrogen and oxygen atoms in total. The van der Waals surface area contributed by atoms with Gasteiger partial charge in [0.2, 0.25) is 0 Å². The Bertz CT molecular complexity index is 656. The summed E-state index contributed by atoms with van der Waals surface area (Å²) in [6.45, 7) is 2.34. The van der Waals surface area contributed by atoms with Gasteiger partial charge in [0.1, 0.15) is 5.75 Å². The van der Waals surface area contributed by atoms with E-state index in [0.29, 0.717) is 24.3 Å². The van der Waals surface area contributed by atoms with E-state index in [-0.39, 0.29) is 11.9 Å². The molecule has 0 spiro atoms. The summed E-state index contributed by atoms with van der Waals surface area (Å²) in [6.07, 6.45) is 4.45. The number of sulfone groups is 1. The Morgan fingerprint density at radius 3 is 2.57 bits per heavy atom. The molecule has 6 heteroatoms. The number of nitrogens with zero attached hydrogens (tertiary/aromatic N) is 1. The second-order valence-electron chi connectivity index (χ2n) is 6.07. The highest BCUT2D eigenvalue weighted by atomic mass is 32.2. The lowest BCUT2D eigenvalue weighted by Gasteiger charge is -2.37. The van der Waals surface area contributed by atoms with Crippen LogP contribution in [0, 0.1) is 0 Å². The number of hydrogen-bond donors (Lipinski definition) is 0. The van der Waals surface area contributed by atoms with E-state index in [1.54, 1.807) is 30.1 Å². The van der Waals surface area contributed by atoms with Crippen molar-refractivity contribution in [1.29, 1.82) is 0 Å². The maximum atomic E-state index is 12.9. The molecule has 0 heterocycles. The minimum Gasteiger partial charge on any atom is -0.493 e. The lowest BCUT2D eigenvalue weighted by Crippen LogP contribution is -2.49. The molecular weight excluding hydrogens is 314 g/mol. The van der Waals surface area contributed by atoms with E-state index >= 15 is 0 Å². The zero-order valence-corrected chi connectivity index (χ0v) is 14.8. The number of para-hydroxylation sites is 1. The monoisotopic (exact) mass is 339 g/mol. The van der Waals surface area contributed by atoms with Crippen LogP contribution in [0.5, 0.6) is 5.75 Å². The number of rotatable bonds is 5. The fraction of sp³-hybridized carbons (Fsp3) is 0.588. The number of amides is 1. The lowest BCUT2D eigenvalue weighted by atomic mass is 9.93. The quantitative estimate of drug-likeness (QED) is 0.827. The summed E-state index contributed by atoms with van der Waals surface area (Å²) in [6, 6.07) is 6.82. The van der Waals surface area contributed by atoms with E-state index in [0.717, 1.165) is 19.3 Å². The summed E-state index contributed by atoms with van der Waals surface area (Å²) in [5, 5.41) is -0.482. The molecule has 0 aliphatic heterocycles. The van der Waals surface area contributed by atoms with Crippen molar-refractivity contribution in [3.05, 3.63) is 29.8 Å². The number of hydrogen-bond acceptors (Lipinski definition) is 4. The number of carbonyl (C=O) groups is 1. The molecule has 0 bridgehead atoms. The van der Waals surface area contributed by atoms with Crippen LogP contribution >= 0.6 is 0 Å². The van der Waals surface area contributed by atoms with Crippen LogP contribution in [0.3, 0.4) is 0 Å². The largest absolute Gasteiger partial charge is 0.493 e. The Morgan fingerprint density at radius 2 is 1.91 bits per heavy atom. The van der Waals surface area contributed by atoms with Gasteiger partial charge in [-0.15, -0.1) is 0 Å². The topological polar surface area (TPSA) is 63.7 Å². The van der Waals surface area contributed by atoms with Crippen LogP contribution in [0.25, 0.3) is 0 Å². The van der Waals surface area contributed by atoms with E-state index in [1.165, 1.54) is 6.26 Å². The van der Waals surface area contributed by atoms with E-state index in [9.17, 15) is 13.2 Å². The third kappa shape index (κ3) is 4.05. The predicted molar refractivity (Wildman–Crippen MR) is 90.6 cm³/mol. The lowest BCUT2D eigenvalue weighted by molar-refractivity contribution is 0.0696. The smallest absolute Gasteiger partial charge is 0.257 e. The first kappa shape index (κ1) is 17.8. The first-order chi connectivity index (χ1) is 10.9. The molecule has 1 saturated carbocycles. The average Bonchev–Trinajstić information content (AvgIpc) is 2.53. The number of carbonyl (C=O) groups excluding carboxylic acids is 1. The van der Waals surface area contributed by atoms with Gasteiger partial charge < -0.3 is 9.64 Å². The molecule has 0 saturated heterocycles. The van der Waals surface area contributed by atoms with Gasteiger partial charge in [0.15, 0.2) is 9.84 Å². The van der Waals surface area contributed by atoms with Gasteiger partial charge >= 0.3 is 0 Å². The molecule has 1 fully saturated rings. The molecule has 1 aromatic rings. The van der Waals surface area contributed by atoms with E-state index < -0.39 is 15.1 Å². The highest BCUT2D eigenvalue weighted by Crippen LogP contribution is 2.29. The zero-order chi connectivity index (χ0) is 17.0. The number of ether oxygens (including phenoxy) is 1. The van der Waals surface area contributed by atoms with Gasteiger partial charge in [-0.1, -0.05) is 25.0 Å². The Balaban J connectivity index is 2.28. The van der Waals surface area contributed by atoms with Crippen molar-refractivity contribution in [2.75, 3.05) is 19.9 Å². The molecule has 1 aliphatic rings. The normalized spacial score (nSPS) is 21.7. The van der Waals surface area contributed by atoms with Gasteiger partial charge in [0, 0.05) is 19.3 Å². The summed E-state index contributed by atoms with van der Waals surface area (Å²) in [5.41, 5.74) is 0.481. The first-order valence-corrected chi connectivity index (χ1v) is 9.99. The van der Waals surface area contributed by atoms with Crippen LogP contribution in [0.4, 0.5) is 0 Å². The highest BCUT2D eigenvalue weighted by molar-refractivity contribution is 7.91. The molecule has 0 N–H and O–H groups in total. The fourth-order valence-electron chi connectivity index (χ4n) is 3.29. The molecule has 2 rings (SSSR count). The highest BCUT2D eigenvalue weighted by Gasteiger charge is 2.37. The van der Waals surface area contributed by atoms with Crippen LogP contribution in [0.1, 0.15) is 43.0 Å². The Hall–Kier alpha value is -1.56. The molecule has 2 unspecified atom stereocenters. The average molecular weight is 339 g/mol. The van der Waals surface area contributed by atoms with Crippen molar-refractivity contribution in [1.82, 2.24) is 4.90 Å². The summed E-state index contributed by atoms with van der Waals surface area (Å²) >= 11 is 0. The van der Waals surface area contributed by atoms with Crippen molar-refractivity contribution in [2.24, 2.45) is 0 Å². The van der Waals surface area contributed by atoms with Crippen LogP contribution in [-0.4, -0.2) is 50.4 Å². The summed E-state index contributed by atoms with van der Waals surface area (Å²) < 4.78 is 29.7. The van der Waals surface area contributed by atoms with E-state index in [4.69, 9.17) is 4.74 Å². The van der Waals surface area contributed by atoms with Crippen LogP contribution in [-0.2, 0) is 9.84 Å². The fourth-order valence-corrected chi connectivity index (χ4v) is 4.77. The maximum Gasteiger partial charge on any atom is 0.257 e. The minimum atomic E-state index is -3.18. The molecule has 128 valence electrons. The van der Waals surface area contributed by atoms with Crippen LogP contribution < -0.4 is 4.74 Å². The van der Waals surface area contributed by atoms with E-state index in [2.05, 4.69) is 0 Å². The van der Waals surface area contributed by atoms with Gasteiger partial charge in [-0.05, 0) is 31.9 Å². The van der Waals surface area contributed by atoms with Gasteiger partial charge in [-0.25, -0.2) is 8.42 Å². The molecule has 1 aliphatic carbocycles. The van der Waals surface area contributed by atoms with Crippen molar-refractivity contribution in [3.63, 3.8) is 0 Å². The summed E-state index contributed by atoms with van der Waals surface area (Å²) in [5.74, 6) is 0.355. The predicted octanol–water partition coefficient (Wildman–Crippen LogP) is 2.51. The molecule has 0 radical (unpaired) electrons. The van der Waals surface area contributed by atoms with Gasteiger partial charge in [-0.3, -0.25) is 4.79 Å². The zero-order valence-electron chi connectivity index (χ0n) is 14.0.